The predicted octanol–water partition coefficient (Wildman–Crippen LogP) is 18.5. The van der Waals surface area contributed by atoms with Crippen LogP contribution in [0.3, 0.4) is 0 Å². The summed E-state index contributed by atoms with van der Waals surface area (Å²) in [6, 6.07) is 26.3. The number of allylic oxidation sites excluding steroid dienone is 1. The minimum absolute atomic E-state index is 0.0318. The molecule has 1 spiro atoms. The zero-order valence-corrected chi connectivity index (χ0v) is 54.6. The number of rotatable bonds is 16. The highest BCUT2D eigenvalue weighted by atomic mass is 79.9. The monoisotopic (exact) mass is 1370 g/mol. The molecule has 2 aliphatic heterocycles. The summed E-state index contributed by atoms with van der Waals surface area (Å²) >= 11 is 24.2. The molecule has 0 aromatic heterocycles. The lowest BCUT2D eigenvalue weighted by Crippen LogP contribution is -2.71. The summed E-state index contributed by atoms with van der Waals surface area (Å²) in [4.78, 5) is 88.6. The normalized spacial score (nSPS) is 18.1. The number of ether oxygens (including phenoxy) is 4. The minimum Gasteiger partial charge on any atom is -0.480 e. The Morgan fingerprint density at radius 3 is 1.79 bits per heavy atom. The minimum atomic E-state index is -2.12. The number of halogens is 5. The van der Waals surface area contributed by atoms with Gasteiger partial charge in [-0.05, 0) is 120 Å². The van der Waals surface area contributed by atoms with Crippen molar-refractivity contribution in [3.8, 4) is 23.0 Å². The lowest BCUT2D eigenvalue weighted by molar-refractivity contribution is -0.386. The molecule has 6 aromatic rings. The fourth-order valence-corrected chi connectivity index (χ4v) is 14.9. The molecule has 84 heavy (non-hydrogen) atoms. The van der Waals surface area contributed by atoms with E-state index in [0.29, 0.717) is 15.4 Å². The summed E-state index contributed by atoms with van der Waals surface area (Å²) in [5.74, 6) is -3.99. The highest BCUT2D eigenvalue weighted by Gasteiger charge is 2.74. The van der Waals surface area contributed by atoms with Crippen LogP contribution in [0.25, 0.3) is 10.8 Å². The van der Waals surface area contributed by atoms with E-state index in [0.717, 1.165) is 11.5 Å². The average Bonchev–Trinajstić information content (AvgIpc) is 1.21. The summed E-state index contributed by atoms with van der Waals surface area (Å²) in [6.07, 6.45) is 1.71. The summed E-state index contributed by atoms with van der Waals surface area (Å²) in [5.41, 5.74) is -8.42. The highest BCUT2D eigenvalue weighted by molar-refractivity contribution is 9.11. The van der Waals surface area contributed by atoms with Gasteiger partial charge in [0.2, 0.25) is 11.5 Å². The molecule has 6 aromatic carbocycles. The van der Waals surface area contributed by atoms with Crippen molar-refractivity contribution in [2.45, 2.75) is 113 Å². The lowest BCUT2D eigenvalue weighted by Gasteiger charge is -2.68. The Morgan fingerprint density at radius 2 is 1.23 bits per heavy atom. The number of ketones is 3. The van der Waals surface area contributed by atoms with Crippen LogP contribution in [0.5, 0.6) is 23.0 Å². The molecule has 0 bridgehead atoms. The molecule has 0 radical (unpaired) electrons. The Labute approximate surface area is 521 Å². The first-order chi connectivity index (χ1) is 38.9. The van der Waals surface area contributed by atoms with Gasteiger partial charge in [-0.2, -0.15) is 0 Å². The number of nitro groups is 2. The van der Waals surface area contributed by atoms with Crippen LogP contribution in [0.15, 0.2) is 134 Å². The van der Waals surface area contributed by atoms with E-state index in [-0.39, 0.29) is 70.5 Å². The van der Waals surface area contributed by atoms with E-state index in [4.69, 9.17) is 42.1 Å². The van der Waals surface area contributed by atoms with Crippen LogP contribution < -0.4 is 14.2 Å². The molecule has 0 amide bonds. The van der Waals surface area contributed by atoms with Gasteiger partial charge in [0.15, 0.2) is 34.4 Å². The fourth-order valence-electron chi connectivity index (χ4n) is 12.9. The maximum Gasteiger partial charge on any atom is 0.315 e. The van der Waals surface area contributed by atoms with Crippen LogP contribution >= 0.6 is 71.0 Å². The molecule has 3 aliphatic rings. The standard InChI is InChI=1S/C65H59Br3Cl2N2O12/c1-58(2,3)82-52-46(71(77)78)32-43-50(48(52)67)81-51-44(65(43)42-24-17-16-22-40(42)57(76)84-65)33-47(72(79)80)53(49(51)68)83-62(10,11)61(8,9)64(13,60(6,7)56(75)41-30-29-37(69)31-45(41)70)63(12,54(73)35-25-27-36(66)28-26-35)59(4,5)55(74)39-23-18-20-34-19-14-15-21-38(34)39/h14-16,18-21,23,25-33,40H,22H2,1-13H3/t40-,63?,64?,65?/m1/s1. The third-order valence-electron chi connectivity index (χ3n) is 18.5. The molecule has 0 saturated carbocycles. The highest BCUT2D eigenvalue weighted by Crippen LogP contribution is 2.72. The molecule has 1 saturated heterocycles. The van der Waals surface area contributed by atoms with E-state index in [1.165, 1.54) is 24.3 Å². The van der Waals surface area contributed by atoms with Gasteiger partial charge in [0.1, 0.15) is 20.1 Å². The number of hydrogen-bond acceptors (Lipinski definition) is 12. The predicted molar refractivity (Wildman–Crippen MR) is 332 cm³/mol. The summed E-state index contributed by atoms with van der Waals surface area (Å²) in [5, 5.41) is 28.6. The van der Waals surface area contributed by atoms with E-state index in [1.807, 2.05) is 30.3 Å². The molecule has 9 rings (SSSR count). The number of nitro benzene ring substituents is 2. The second-order valence-electron chi connectivity index (χ2n) is 24.8. The Hall–Kier alpha value is -6.42. The Bertz CT molecular complexity index is 4000. The van der Waals surface area contributed by atoms with Gasteiger partial charge in [-0.1, -0.05) is 161 Å². The molecule has 3 unspecified atom stereocenters. The van der Waals surface area contributed by atoms with Crippen molar-refractivity contribution >= 4 is 116 Å². The van der Waals surface area contributed by atoms with E-state index >= 15 is 14.4 Å². The van der Waals surface area contributed by atoms with Gasteiger partial charge >= 0.3 is 17.3 Å². The maximum absolute atomic E-state index is 16.6. The van der Waals surface area contributed by atoms with Crippen molar-refractivity contribution in [1.82, 2.24) is 0 Å². The number of carbonyl (C=O) groups excluding carboxylic acids is 4. The number of benzene rings is 6. The topological polar surface area (TPSA) is 191 Å². The van der Waals surface area contributed by atoms with Gasteiger partial charge in [0.25, 0.3) is 0 Å². The van der Waals surface area contributed by atoms with Crippen molar-refractivity contribution in [3.63, 3.8) is 0 Å². The van der Waals surface area contributed by atoms with Crippen LogP contribution in [0.4, 0.5) is 11.4 Å². The van der Waals surface area contributed by atoms with Crippen molar-refractivity contribution in [2.24, 2.45) is 33.0 Å². The number of esters is 1. The number of fused-ring (bicyclic) bond motifs is 7. The fraction of sp³-hybridized carbons (Fsp3) is 0.354. The van der Waals surface area contributed by atoms with Crippen molar-refractivity contribution < 1.29 is 48.0 Å². The van der Waals surface area contributed by atoms with Crippen LogP contribution in [-0.4, -0.2) is 44.4 Å². The number of carbonyl (C=O) groups is 4. The van der Waals surface area contributed by atoms with Gasteiger partial charge < -0.3 is 18.9 Å². The molecule has 0 N–H and O–H groups in total. The van der Waals surface area contributed by atoms with Gasteiger partial charge in [-0.3, -0.25) is 39.4 Å². The first-order valence-corrected chi connectivity index (χ1v) is 29.9. The van der Waals surface area contributed by atoms with Crippen LogP contribution in [0.2, 0.25) is 10.0 Å². The summed E-state index contributed by atoms with van der Waals surface area (Å²) in [6.45, 7) is 22.4. The molecular formula is C65H59Br3Cl2N2O12. The molecule has 19 heteroatoms. The van der Waals surface area contributed by atoms with Gasteiger partial charge in [0.05, 0.1) is 37.3 Å². The molecule has 4 atom stereocenters. The SMILES string of the molecule is CC(C)(C)Oc1c([N+](=O)[O-])cc2c(c1Br)Oc1c(cc([N+](=O)[O-])c(OC(C)(C)C(C)(C)C(C)(C(C)(C)C(=O)c3ccc(Cl)cc3Cl)C(C)(C(=O)c3ccc(Br)cc3)C(C)(C)C(=O)c3cccc4ccccc34)c1Br)C21OC(=O)[C@@H]2CC=C=C=C21. The van der Waals surface area contributed by atoms with E-state index in [9.17, 15) is 25.0 Å². The Balaban J connectivity index is 1.34. The van der Waals surface area contributed by atoms with Crippen LogP contribution in [0, 0.1) is 53.2 Å². The van der Waals surface area contributed by atoms with Crippen molar-refractivity contribution in [1.29, 1.82) is 0 Å². The van der Waals surface area contributed by atoms with E-state index < -0.39 is 100 Å². The van der Waals surface area contributed by atoms with Gasteiger partial charge in [-0.25, -0.2) is 0 Å². The van der Waals surface area contributed by atoms with Gasteiger partial charge in [0, 0.05) is 65.6 Å². The molecule has 14 nitrogen and oxygen atoms in total. The van der Waals surface area contributed by atoms with Gasteiger partial charge in [-0.15, -0.1) is 0 Å². The average molecular weight is 1370 g/mol. The largest absolute Gasteiger partial charge is 0.480 e. The van der Waals surface area contributed by atoms with E-state index in [2.05, 4.69) is 59.3 Å². The molecule has 1 fully saturated rings. The molecular weight excluding hydrogens is 1310 g/mol. The Kier molecular flexibility index (Phi) is 15.7. The zero-order chi connectivity index (χ0) is 62.0. The number of Topliss-reactive ketones (excluding diaryl/α,β-unsaturated/α-hetero) is 3. The smallest absolute Gasteiger partial charge is 0.315 e. The van der Waals surface area contributed by atoms with Crippen molar-refractivity contribution in [2.75, 3.05) is 0 Å². The first-order valence-electron chi connectivity index (χ1n) is 26.8. The zero-order valence-electron chi connectivity index (χ0n) is 48.3. The first kappa shape index (κ1) is 62.1. The molecule has 2 heterocycles. The Morgan fingerprint density at radius 1 is 0.679 bits per heavy atom. The second-order valence-corrected chi connectivity index (χ2v) is 28.2. The van der Waals surface area contributed by atoms with Crippen LogP contribution in [-0.2, 0) is 15.1 Å². The van der Waals surface area contributed by atoms with Crippen molar-refractivity contribution in [3.05, 3.63) is 192 Å². The third kappa shape index (κ3) is 9.30. The number of nitrogens with zero attached hydrogens (tertiary/aromatic N) is 2. The molecule has 1 aliphatic carbocycles. The quantitative estimate of drug-likeness (QED) is 0.0293. The summed E-state index contributed by atoms with van der Waals surface area (Å²) in [7, 11) is 0. The van der Waals surface area contributed by atoms with E-state index in [1.54, 1.807) is 132 Å². The summed E-state index contributed by atoms with van der Waals surface area (Å²) < 4.78 is 27.2. The third-order valence-corrected chi connectivity index (χ3v) is 21.0. The maximum atomic E-state index is 16.6. The van der Waals surface area contributed by atoms with Crippen LogP contribution in [0.1, 0.15) is 139 Å². The lowest BCUT2D eigenvalue weighted by atomic mass is 9.34. The second kappa shape index (κ2) is 21.2. The molecule has 436 valence electrons. The number of hydrogen-bond donors (Lipinski definition) is 0.